The number of nitrogens with one attached hydrogen (secondary N) is 1. The summed E-state index contributed by atoms with van der Waals surface area (Å²) < 4.78 is 12.3. The Morgan fingerprint density at radius 2 is 2.08 bits per heavy atom. The SMILES string of the molecule is CCOc1ncnc2[nH]c(=O)n(-c3ccc4ncc(OC)cc4c3)c12. The number of pyridine rings is 1. The Morgan fingerprint density at radius 1 is 1.20 bits per heavy atom. The van der Waals surface area contributed by atoms with E-state index in [1.54, 1.807) is 13.3 Å². The van der Waals surface area contributed by atoms with Crippen LogP contribution in [0.25, 0.3) is 27.8 Å². The first-order valence-electron chi connectivity index (χ1n) is 7.74. The number of rotatable bonds is 4. The van der Waals surface area contributed by atoms with Gasteiger partial charge in [0.1, 0.15) is 12.1 Å². The Morgan fingerprint density at radius 3 is 2.88 bits per heavy atom. The summed E-state index contributed by atoms with van der Waals surface area (Å²) >= 11 is 0. The van der Waals surface area contributed by atoms with Gasteiger partial charge in [0.25, 0.3) is 0 Å². The predicted molar refractivity (Wildman–Crippen MR) is 92.5 cm³/mol. The minimum absolute atomic E-state index is 0.313. The molecule has 8 nitrogen and oxygen atoms in total. The summed E-state index contributed by atoms with van der Waals surface area (Å²) in [4.78, 5) is 27.8. The van der Waals surface area contributed by atoms with Crippen molar-refractivity contribution < 1.29 is 9.47 Å². The maximum absolute atomic E-state index is 12.5. The molecule has 126 valence electrons. The summed E-state index contributed by atoms with van der Waals surface area (Å²) in [5.41, 5.74) is 2.08. The summed E-state index contributed by atoms with van der Waals surface area (Å²) in [6.07, 6.45) is 3.02. The van der Waals surface area contributed by atoms with E-state index >= 15 is 0 Å². The van der Waals surface area contributed by atoms with Gasteiger partial charge in [0.05, 0.1) is 31.1 Å². The second kappa shape index (κ2) is 5.90. The number of H-pyrrole nitrogens is 1. The van der Waals surface area contributed by atoms with E-state index in [1.165, 1.54) is 10.9 Å². The van der Waals surface area contributed by atoms with Crippen molar-refractivity contribution in [1.82, 2.24) is 24.5 Å². The monoisotopic (exact) mass is 337 g/mol. The van der Waals surface area contributed by atoms with Crippen LogP contribution in [0.3, 0.4) is 0 Å². The number of methoxy groups -OCH3 is 1. The topological polar surface area (TPSA) is 94.9 Å². The highest BCUT2D eigenvalue weighted by atomic mass is 16.5. The van der Waals surface area contributed by atoms with Crippen molar-refractivity contribution in [3.63, 3.8) is 0 Å². The highest BCUT2D eigenvalue weighted by molar-refractivity contribution is 5.84. The molecule has 0 aliphatic heterocycles. The lowest BCUT2D eigenvalue weighted by Crippen LogP contribution is -2.15. The van der Waals surface area contributed by atoms with Crippen molar-refractivity contribution in [2.75, 3.05) is 13.7 Å². The zero-order chi connectivity index (χ0) is 17.4. The van der Waals surface area contributed by atoms with Gasteiger partial charge in [-0.1, -0.05) is 0 Å². The summed E-state index contributed by atoms with van der Waals surface area (Å²) in [6.45, 7) is 2.29. The lowest BCUT2D eigenvalue weighted by molar-refractivity contribution is 0.329. The second-order valence-corrected chi connectivity index (χ2v) is 5.33. The molecule has 0 saturated heterocycles. The van der Waals surface area contributed by atoms with E-state index < -0.39 is 0 Å². The molecule has 1 N–H and O–H groups in total. The lowest BCUT2D eigenvalue weighted by atomic mass is 10.2. The average Bonchev–Trinajstić information content (AvgIpc) is 2.98. The molecule has 0 fully saturated rings. The fourth-order valence-electron chi connectivity index (χ4n) is 2.75. The molecule has 0 saturated carbocycles. The van der Waals surface area contributed by atoms with Gasteiger partial charge >= 0.3 is 5.69 Å². The van der Waals surface area contributed by atoms with Gasteiger partial charge in [-0.05, 0) is 31.2 Å². The van der Waals surface area contributed by atoms with Gasteiger partial charge in [-0.25, -0.2) is 9.78 Å². The van der Waals surface area contributed by atoms with Gasteiger partial charge in [-0.2, -0.15) is 4.98 Å². The zero-order valence-electron chi connectivity index (χ0n) is 13.7. The van der Waals surface area contributed by atoms with E-state index in [1.807, 2.05) is 31.2 Å². The summed E-state index contributed by atoms with van der Waals surface area (Å²) in [7, 11) is 1.59. The van der Waals surface area contributed by atoms with Gasteiger partial charge in [-0.15, -0.1) is 0 Å². The summed E-state index contributed by atoms with van der Waals surface area (Å²) in [6, 6.07) is 7.40. The Bertz CT molecular complexity index is 1130. The van der Waals surface area contributed by atoms with Crippen LogP contribution in [-0.2, 0) is 0 Å². The molecule has 3 heterocycles. The summed E-state index contributed by atoms with van der Waals surface area (Å²) in [5.74, 6) is 1.00. The van der Waals surface area contributed by atoms with E-state index in [4.69, 9.17) is 9.47 Å². The van der Waals surface area contributed by atoms with Crippen LogP contribution in [0.1, 0.15) is 6.92 Å². The van der Waals surface area contributed by atoms with Gasteiger partial charge in [-0.3, -0.25) is 14.5 Å². The zero-order valence-corrected chi connectivity index (χ0v) is 13.7. The first-order chi connectivity index (χ1) is 12.2. The maximum atomic E-state index is 12.5. The Labute approximate surface area is 142 Å². The Hall–Kier alpha value is -3.42. The number of hydrogen-bond acceptors (Lipinski definition) is 6. The van der Waals surface area contributed by atoms with Crippen LogP contribution in [0.5, 0.6) is 11.6 Å². The fourth-order valence-corrected chi connectivity index (χ4v) is 2.75. The standard InChI is InChI=1S/C17H15N5O3/c1-3-25-16-14-15(19-9-20-16)21-17(23)22(14)11-4-5-13-10(6-11)7-12(24-2)8-18-13/h4-9H,3H2,1-2H3,(H,19,20,21,23). The van der Waals surface area contributed by atoms with Gasteiger partial charge in [0.15, 0.2) is 11.2 Å². The quantitative estimate of drug-likeness (QED) is 0.612. The number of ether oxygens (including phenoxy) is 2. The van der Waals surface area contributed by atoms with E-state index in [-0.39, 0.29) is 5.69 Å². The van der Waals surface area contributed by atoms with E-state index in [9.17, 15) is 4.79 Å². The van der Waals surface area contributed by atoms with Crippen LogP contribution >= 0.6 is 0 Å². The lowest BCUT2D eigenvalue weighted by Gasteiger charge is -2.08. The average molecular weight is 337 g/mol. The largest absolute Gasteiger partial charge is 0.495 e. The molecular weight excluding hydrogens is 322 g/mol. The van der Waals surface area contributed by atoms with Crippen molar-refractivity contribution in [3.8, 4) is 17.3 Å². The molecule has 3 aromatic heterocycles. The molecule has 25 heavy (non-hydrogen) atoms. The minimum atomic E-state index is -0.313. The molecule has 0 aliphatic rings. The maximum Gasteiger partial charge on any atom is 0.332 e. The van der Waals surface area contributed by atoms with Crippen molar-refractivity contribution in [1.29, 1.82) is 0 Å². The first-order valence-corrected chi connectivity index (χ1v) is 7.74. The normalized spacial score (nSPS) is 11.1. The number of aromatic nitrogens is 5. The van der Waals surface area contributed by atoms with E-state index in [2.05, 4.69) is 19.9 Å². The van der Waals surface area contributed by atoms with Crippen LogP contribution in [0.15, 0.2) is 41.6 Å². The third-order valence-corrected chi connectivity index (χ3v) is 3.86. The fraction of sp³-hybridized carbons (Fsp3) is 0.176. The van der Waals surface area contributed by atoms with Crippen molar-refractivity contribution in [2.45, 2.75) is 6.92 Å². The predicted octanol–water partition coefficient (Wildman–Crippen LogP) is 2.06. The van der Waals surface area contributed by atoms with Crippen LogP contribution < -0.4 is 15.2 Å². The molecule has 4 rings (SSSR count). The van der Waals surface area contributed by atoms with Crippen molar-refractivity contribution >= 4 is 22.1 Å². The van der Waals surface area contributed by atoms with Gasteiger partial charge in [0.2, 0.25) is 5.88 Å². The molecule has 0 amide bonds. The van der Waals surface area contributed by atoms with Crippen LogP contribution in [-0.4, -0.2) is 38.2 Å². The highest BCUT2D eigenvalue weighted by Gasteiger charge is 2.16. The molecule has 0 bridgehead atoms. The van der Waals surface area contributed by atoms with Crippen LogP contribution in [0.4, 0.5) is 0 Å². The molecule has 8 heteroatoms. The molecule has 0 radical (unpaired) electrons. The third kappa shape index (κ3) is 2.47. The van der Waals surface area contributed by atoms with Gasteiger partial charge in [0, 0.05) is 5.39 Å². The Balaban J connectivity index is 1.99. The number of benzene rings is 1. The molecule has 1 aromatic carbocycles. The smallest absolute Gasteiger partial charge is 0.332 e. The summed E-state index contributed by atoms with van der Waals surface area (Å²) in [5, 5.41) is 0.855. The molecule has 0 aliphatic carbocycles. The van der Waals surface area contributed by atoms with E-state index in [0.717, 1.165) is 10.9 Å². The minimum Gasteiger partial charge on any atom is -0.495 e. The highest BCUT2D eigenvalue weighted by Crippen LogP contribution is 2.25. The molecular formula is C17H15N5O3. The number of hydrogen-bond donors (Lipinski definition) is 1. The van der Waals surface area contributed by atoms with E-state index in [0.29, 0.717) is 35.1 Å². The molecule has 0 unspecified atom stereocenters. The number of fused-ring (bicyclic) bond motifs is 2. The molecule has 0 atom stereocenters. The number of aromatic amines is 1. The first kappa shape index (κ1) is 15.1. The van der Waals surface area contributed by atoms with Crippen LogP contribution in [0, 0.1) is 0 Å². The molecule has 0 spiro atoms. The van der Waals surface area contributed by atoms with Crippen molar-refractivity contribution in [3.05, 3.63) is 47.3 Å². The number of nitrogens with zero attached hydrogens (tertiary/aromatic N) is 4. The van der Waals surface area contributed by atoms with Gasteiger partial charge < -0.3 is 9.47 Å². The third-order valence-electron chi connectivity index (χ3n) is 3.86. The van der Waals surface area contributed by atoms with Crippen molar-refractivity contribution in [2.24, 2.45) is 0 Å². The second-order valence-electron chi connectivity index (χ2n) is 5.33. The van der Waals surface area contributed by atoms with Crippen LogP contribution in [0.2, 0.25) is 0 Å². The number of imidazole rings is 1. The Kier molecular flexibility index (Phi) is 3.57. The molecule has 4 aromatic rings.